The van der Waals surface area contributed by atoms with Crippen LogP contribution in [0.25, 0.3) is 0 Å². The Hall–Kier alpha value is -0.120. The highest BCUT2D eigenvalue weighted by Gasteiger charge is 2.30. The van der Waals surface area contributed by atoms with Crippen LogP contribution in [0.15, 0.2) is 0 Å². The largest absolute Gasteiger partial charge is 0.327 e. The molecule has 0 amide bonds. The second-order valence-corrected chi connectivity index (χ2v) is 7.01. The first-order chi connectivity index (χ1) is 9.10. The highest BCUT2D eigenvalue weighted by Crippen LogP contribution is 2.31. The highest BCUT2D eigenvalue weighted by molar-refractivity contribution is 4.86. The van der Waals surface area contributed by atoms with Crippen molar-refractivity contribution < 1.29 is 0 Å². The number of likely N-dealkylation sites (tertiary alicyclic amines) is 1. The first-order valence-electron chi connectivity index (χ1n) is 8.24. The van der Waals surface area contributed by atoms with E-state index < -0.39 is 0 Å². The number of nitrogens with zero attached hydrogens (tertiary/aromatic N) is 2. The van der Waals surface area contributed by atoms with Crippen molar-refractivity contribution in [3.8, 4) is 0 Å². The van der Waals surface area contributed by atoms with Crippen LogP contribution in [0.4, 0.5) is 0 Å². The molecule has 1 saturated carbocycles. The molecule has 0 aromatic heterocycles. The van der Waals surface area contributed by atoms with Crippen LogP contribution in [-0.4, -0.2) is 55.6 Å². The maximum absolute atomic E-state index is 6.36. The predicted octanol–water partition coefficient (Wildman–Crippen LogP) is 2.17. The van der Waals surface area contributed by atoms with Crippen LogP contribution >= 0.6 is 0 Å². The van der Waals surface area contributed by atoms with Gasteiger partial charge in [0, 0.05) is 25.2 Å². The fraction of sp³-hybridized carbons (Fsp3) is 1.00. The molecule has 3 heteroatoms. The molecule has 112 valence electrons. The van der Waals surface area contributed by atoms with Crippen molar-refractivity contribution in [2.75, 3.05) is 33.7 Å². The first kappa shape index (κ1) is 15.3. The Kier molecular flexibility index (Phi) is 5.67. The molecule has 0 aromatic rings. The molecule has 0 radical (unpaired) electrons. The van der Waals surface area contributed by atoms with E-state index in [1.807, 2.05) is 0 Å². The Morgan fingerprint density at radius 2 is 2.05 bits per heavy atom. The lowest BCUT2D eigenvalue weighted by Crippen LogP contribution is -2.49. The topological polar surface area (TPSA) is 32.5 Å². The lowest BCUT2D eigenvalue weighted by Gasteiger charge is -2.41. The second-order valence-electron chi connectivity index (χ2n) is 7.01. The van der Waals surface area contributed by atoms with Gasteiger partial charge in [-0.15, -0.1) is 0 Å². The van der Waals surface area contributed by atoms with Gasteiger partial charge in [-0.05, 0) is 64.6 Å². The molecule has 1 saturated heterocycles. The van der Waals surface area contributed by atoms with E-state index in [-0.39, 0.29) is 0 Å². The summed E-state index contributed by atoms with van der Waals surface area (Å²) >= 11 is 0. The van der Waals surface area contributed by atoms with Gasteiger partial charge in [-0.3, -0.25) is 0 Å². The molecule has 0 aromatic carbocycles. The van der Waals surface area contributed by atoms with Crippen LogP contribution in [0.1, 0.15) is 45.4 Å². The third-order valence-corrected chi connectivity index (χ3v) is 5.47. The molecule has 1 aliphatic heterocycles. The van der Waals surface area contributed by atoms with E-state index in [1.54, 1.807) is 0 Å². The van der Waals surface area contributed by atoms with Gasteiger partial charge in [-0.2, -0.15) is 0 Å². The molecule has 1 aliphatic carbocycles. The molecule has 4 atom stereocenters. The summed E-state index contributed by atoms with van der Waals surface area (Å²) in [5, 5.41) is 0. The molecular formula is C16H33N3. The van der Waals surface area contributed by atoms with Crippen LogP contribution < -0.4 is 5.73 Å². The molecule has 2 N–H and O–H groups in total. The number of hydrogen-bond donors (Lipinski definition) is 1. The fourth-order valence-corrected chi connectivity index (χ4v) is 3.98. The van der Waals surface area contributed by atoms with Crippen LogP contribution in [0, 0.1) is 11.8 Å². The minimum absolute atomic E-state index is 0.437. The molecule has 19 heavy (non-hydrogen) atoms. The van der Waals surface area contributed by atoms with E-state index >= 15 is 0 Å². The molecule has 3 nitrogen and oxygen atoms in total. The van der Waals surface area contributed by atoms with Crippen molar-refractivity contribution in [1.29, 1.82) is 0 Å². The quantitative estimate of drug-likeness (QED) is 0.847. The van der Waals surface area contributed by atoms with Gasteiger partial charge in [0.15, 0.2) is 0 Å². The summed E-state index contributed by atoms with van der Waals surface area (Å²) < 4.78 is 0. The van der Waals surface area contributed by atoms with Gasteiger partial charge in [0.1, 0.15) is 0 Å². The second kappa shape index (κ2) is 7.05. The predicted molar refractivity (Wildman–Crippen MR) is 82.2 cm³/mol. The number of piperidine rings is 1. The number of likely N-dealkylation sites (N-methyl/N-ethyl adjacent to an activating group) is 2. The number of nitrogens with two attached hydrogens (primary N) is 1. The van der Waals surface area contributed by atoms with Crippen molar-refractivity contribution in [2.45, 2.75) is 57.5 Å². The Bertz CT molecular complexity index is 269. The maximum Gasteiger partial charge on any atom is 0.0220 e. The monoisotopic (exact) mass is 267 g/mol. The Morgan fingerprint density at radius 1 is 1.26 bits per heavy atom. The van der Waals surface area contributed by atoms with Crippen LogP contribution in [0.5, 0.6) is 0 Å². The zero-order valence-electron chi connectivity index (χ0n) is 13.1. The summed E-state index contributed by atoms with van der Waals surface area (Å²) in [5.41, 5.74) is 6.36. The van der Waals surface area contributed by atoms with Crippen molar-refractivity contribution in [3.05, 3.63) is 0 Å². The molecule has 0 bridgehead atoms. The smallest absolute Gasteiger partial charge is 0.0220 e. The van der Waals surface area contributed by atoms with Crippen molar-refractivity contribution in [2.24, 2.45) is 17.6 Å². The zero-order chi connectivity index (χ0) is 13.8. The molecule has 2 aliphatic rings. The van der Waals surface area contributed by atoms with Gasteiger partial charge in [-0.25, -0.2) is 0 Å². The standard InChI is InChI=1S/C16H33N3/c1-4-13-7-8-16(17)14(10-13)11-19(3)15-6-5-9-18(2)12-15/h13-16H,4-12,17H2,1-3H3. The molecule has 0 spiro atoms. The molecular weight excluding hydrogens is 234 g/mol. The highest BCUT2D eigenvalue weighted by atomic mass is 15.2. The molecule has 2 rings (SSSR count). The lowest BCUT2D eigenvalue weighted by molar-refractivity contribution is 0.0970. The Labute approximate surface area is 119 Å². The summed E-state index contributed by atoms with van der Waals surface area (Å²) in [6.07, 6.45) is 7.98. The van der Waals surface area contributed by atoms with Gasteiger partial charge in [0.05, 0.1) is 0 Å². The average Bonchev–Trinajstić information content (AvgIpc) is 2.41. The van der Waals surface area contributed by atoms with E-state index in [2.05, 4.69) is 30.8 Å². The van der Waals surface area contributed by atoms with Gasteiger partial charge >= 0.3 is 0 Å². The first-order valence-corrected chi connectivity index (χ1v) is 8.24. The summed E-state index contributed by atoms with van der Waals surface area (Å²) in [6, 6.07) is 1.18. The third kappa shape index (κ3) is 4.17. The van der Waals surface area contributed by atoms with E-state index in [9.17, 15) is 0 Å². The van der Waals surface area contributed by atoms with Gasteiger partial charge in [0.2, 0.25) is 0 Å². The summed E-state index contributed by atoms with van der Waals surface area (Å²) in [4.78, 5) is 5.07. The minimum Gasteiger partial charge on any atom is -0.327 e. The maximum atomic E-state index is 6.36. The Morgan fingerprint density at radius 3 is 2.74 bits per heavy atom. The molecule has 1 heterocycles. The van der Waals surface area contributed by atoms with Crippen molar-refractivity contribution >= 4 is 0 Å². The van der Waals surface area contributed by atoms with Gasteiger partial charge in [0.25, 0.3) is 0 Å². The minimum atomic E-state index is 0.437. The summed E-state index contributed by atoms with van der Waals surface area (Å²) in [6.45, 7) is 6.04. The molecule has 4 unspecified atom stereocenters. The van der Waals surface area contributed by atoms with Crippen LogP contribution in [0.3, 0.4) is 0 Å². The Balaban J connectivity index is 1.84. The van der Waals surface area contributed by atoms with E-state index in [1.165, 1.54) is 58.2 Å². The van der Waals surface area contributed by atoms with Gasteiger partial charge in [-0.1, -0.05) is 13.3 Å². The van der Waals surface area contributed by atoms with E-state index in [4.69, 9.17) is 5.73 Å². The number of hydrogen-bond acceptors (Lipinski definition) is 3. The summed E-state index contributed by atoms with van der Waals surface area (Å²) in [7, 11) is 4.56. The van der Waals surface area contributed by atoms with E-state index in [0.717, 1.165) is 17.9 Å². The fourth-order valence-electron chi connectivity index (χ4n) is 3.98. The van der Waals surface area contributed by atoms with Crippen molar-refractivity contribution in [3.63, 3.8) is 0 Å². The van der Waals surface area contributed by atoms with Crippen molar-refractivity contribution in [1.82, 2.24) is 9.80 Å². The van der Waals surface area contributed by atoms with Crippen LogP contribution in [0.2, 0.25) is 0 Å². The van der Waals surface area contributed by atoms with E-state index in [0.29, 0.717) is 6.04 Å². The van der Waals surface area contributed by atoms with Crippen LogP contribution in [-0.2, 0) is 0 Å². The third-order valence-electron chi connectivity index (χ3n) is 5.47. The zero-order valence-corrected chi connectivity index (χ0v) is 13.1. The average molecular weight is 267 g/mol. The normalized spacial score (nSPS) is 37.7. The number of rotatable bonds is 4. The lowest BCUT2D eigenvalue weighted by atomic mass is 9.77. The summed E-state index contributed by atoms with van der Waals surface area (Å²) in [5.74, 6) is 1.64. The molecule has 2 fully saturated rings. The SMILES string of the molecule is CCC1CCC(N)C(CN(C)C2CCCN(C)C2)C1. The van der Waals surface area contributed by atoms with Gasteiger partial charge < -0.3 is 15.5 Å².